The minimum absolute atomic E-state index is 0.196. The summed E-state index contributed by atoms with van der Waals surface area (Å²) in [5.74, 6) is -0.651. The molecule has 0 heterocycles. The number of nitrogens with zero attached hydrogens (tertiary/aromatic N) is 5. The van der Waals surface area contributed by atoms with Gasteiger partial charge in [-0.25, -0.2) is 0 Å². The van der Waals surface area contributed by atoms with E-state index in [4.69, 9.17) is 0 Å². The molecule has 20 heavy (non-hydrogen) atoms. The van der Waals surface area contributed by atoms with E-state index in [1.807, 2.05) is 0 Å². The van der Waals surface area contributed by atoms with Crippen molar-refractivity contribution in [2.24, 2.45) is 15.2 Å². The van der Waals surface area contributed by atoms with E-state index in [1.165, 1.54) is 0 Å². The van der Waals surface area contributed by atoms with Gasteiger partial charge in [0, 0.05) is 6.07 Å². The molecule has 0 atom stereocenters. The van der Waals surface area contributed by atoms with E-state index in [0.29, 0.717) is 0 Å². The zero-order chi connectivity index (χ0) is 15.1. The summed E-state index contributed by atoms with van der Waals surface area (Å²) in [6, 6.07) is 2.89. The topological polar surface area (TPSA) is 140 Å². The van der Waals surface area contributed by atoms with E-state index < -0.39 is 27.1 Å². The first-order chi connectivity index (χ1) is 9.45. The Balaban J connectivity index is 3.06. The Labute approximate surface area is 111 Å². The van der Waals surface area contributed by atoms with E-state index in [9.17, 15) is 25.0 Å². The summed E-state index contributed by atoms with van der Waals surface area (Å²) in [4.78, 5) is 33.7. The van der Waals surface area contributed by atoms with Crippen molar-refractivity contribution in [3.05, 3.63) is 51.1 Å². The predicted molar refractivity (Wildman–Crippen MR) is 68.0 cm³/mol. The Morgan fingerprint density at radius 1 is 1.25 bits per heavy atom. The van der Waals surface area contributed by atoms with Crippen LogP contribution in [0.1, 0.15) is 0 Å². The lowest BCUT2D eigenvalue weighted by Crippen LogP contribution is -1.92. The maximum Gasteiger partial charge on any atom is 0.303 e. The van der Waals surface area contributed by atoms with Crippen LogP contribution in [0.3, 0.4) is 0 Å². The Morgan fingerprint density at radius 3 is 2.50 bits per heavy atom. The van der Waals surface area contributed by atoms with Gasteiger partial charge in [0.15, 0.2) is 5.69 Å². The van der Waals surface area contributed by atoms with Crippen LogP contribution in [0.15, 0.2) is 46.1 Å². The molecule has 0 radical (unpaired) electrons. The first-order valence-electron chi connectivity index (χ1n) is 4.98. The van der Waals surface area contributed by atoms with Gasteiger partial charge >= 0.3 is 5.69 Å². The molecular weight excluding hydrogens is 270 g/mol. The molecule has 10 nitrogen and oxygen atoms in total. The Hall–Kier alpha value is -3.30. The van der Waals surface area contributed by atoms with Crippen LogP contribution < -0.4 is 0 Å². The molecule has 0 N–H and O–H groups in total. The zero-order valence-electron chi connectivity index (χ0n) is 9.87. The van der Waals surface area contributed by atoms with Crippen molar-refractivity contribution in [2.75, 3.05) is 0 Å². The summed E-state index contributed by atoms with van der Waals surface area (Å²) in [6.45, 7) is 3.17. The van der Waals surface area contributed by atoms with Gasteiger partial charge in [-0.3, -0.25) is 25.0 Å². The monoisotopic (exact) mass is 277 g/mol. The van der Waals surface area contributed by atoms with Gasteiger partial charge < -0.3 is 0 Å². The van der Waals surface area contributed by atoms with Gasteiger partial charge in [-0.2, -0.15) is 4.99 Å². The van der Waals surface area contributed by atoms with Crippen LogP contribution in [0.4, 0.5) is 17.1 Å². The van der Waals surface area contributed by atoms with E-state index in [-0.39, 0.29) is 5.69 Å². The van der Waals surface area contributed by atoms with Crippen LogP contribution in [-0.2, 0) is 4.79 Å². The number of benzene rings is 1. The number of nitro groups is 2. The second-order valence-electron chi connectivity index (χ2n) is 3.19. The van der Waals surface area contributed by atoms with Crippen LogP contribution in [0.25, 0.3) is 0 Å². The van der Waals surface area contributed by atoms with Crippen LogP contribution in [0.2, 0.25) is 0 Å². The number of nitro benzene ring substituents is 2. The molecule has 0 unspecified atom stereocenters. The van der Waals surface area contributed by atoms with Gasteiger partial charge in [0.05, 0.1) is 15.9 Å². The highest BCUT2D eigenvalue weighted by molar-refractivity contribution is 5.92. The van der Waals surface area contributed by atoms with Crippen molar-refractivity contribution in [2.45, 2.75) is 0 Å². The highest BCUT2D eigenvalue weighted by Crippen LogP contribution is 2.31. The molecule has 0 aromatic heterocycles. The lowest BCUT2D eigenvalue weighted by Gasteiger charge is -1.95. The average Bonchev–Trinajstić information content (AvgIpc) is 2.42. The third-order valence-electron chi connectivity index (χ3n) is 1.94. The highest BCUT2D eigenvalue weighted by atomic mass is 16.6. The molecule has 0 aliphatic heterocycles. The van der Waals surface area contributed by atoms with Crippen LogP contribution in [0.5, 0.6) is 0 Å². The Morgan fingerprint density at radius 2 is 1.95 bits per heavy atom. The fourth-order valence-electron chi connectivity index (χ4n) is 1.08. The largest absolute Gasteiger partial charge is 0.303 e. The third kappa shape index (κ3) is 3.87. The van der Waals surface area contributed by atoms with Crippen molar-refractivity contribution >= 4 is 29.3 Å². The number of carbonyl (C=O) groups is 1. The lowest BCUT2D eigenvalue weighted by molar-refractivity contribution is -0.393. The van der Waals surface area contributed by atoms with E-state index in [1.54, 1.807) is 0 Å². The zero-order valence-corrected chi connectivity index (χ0v) is 9.87. The maximum absolute atomic E-state index is 10.8. The summed E-state index contributed by atoms with van der Waals surface area (Å²) in [5, 5.41) is 28.1. The molecule has 10 heteroatoms. The van der Waals surface area contributed by atoms with Gasteiger partial charge in [-0.1, -0.05) is 6.58 Å². The van der Waals surface area contributed by atoms with Crippen LogP contribution in [-0.4, -0.2) is 22.1 Å². The van der Waals surface area contributed by atoms with E-state index in [0.717, 1.165) is 30.6 Å². The fourth-order valence-corrected chi connectivity index (χ4v) is 1.08. The molecule has 0 spiro atoms. The number of non-ortho nitro benzene ring substituents is 1. The Bertz CT molecular complexity index is 637. The number of carbonyl (C=O) groups excluding carboxylic acids is 1. The molecule has 1 aromatic rings. The molecule has 0 aliphatic rings. The smallest absolute Gasteiger partial charge is 0.267 e. The predicted octanol–water partition coefficient (Wildman–Crippen LogP) is 2.33. The van der Waals surface area contributed by atoms with Gasteiger partial charge in [0.2, 0.25) is 0 Å². The second-order valence-corrected chi connectivity index (χ2v) is 3.19. The summed E-state index contributed by atoms with van der Waals surface area (Å²) < 4.78 is 0. The molecule has 102 valence electrons. The maximum atomic E-state index is 10.8. The van der Waals surface area contributed by atoms with Crippen molar-refractivity contribution in [3.63, 3.8) is 0 Å². The van der Waals surface area contributed by atoms with E-state index >= 15 is 0 Å². The summed E-state index contributed by atoms with van der Waals surface area (Å²) in [7, 11) is 0. The summed E-state index contributed by atoms with van der Waals surface area (Å²) in [6.07, 6.45) is 1.73. The van der Waals surface area contributed by atoms with Crippen molar-refractivity contribution in [3.8, 4) is 0 Å². The van der Waals surface area contributed by atoms with E-state index in [2.05, 4.69) is 21.8 Å². The minimum Gasteiger partial charge on any atom is -0.267 e. The number of hydrogen-bond acceptors (Lipinski definition) is 6. The van der Waals surface area contributed by atoms with Crippen molar-refractivity contribution in [1.29, 1.82) is 0 Å². The normalized spacial score (nSPS) is 10.8. The fraction of sp³-hybridized carbons (Fsp3) is 0. The second kappa shape index (κ2) is 6.58. The summed E-state index contributed by atoms with van der Waals surface area (Å²) in [5.41, 5.74) is -1.21. The first kappa shape index (κ1) is 14.8. The number of hydrogen-bond donors (Lipinski definition) is 0. The van der Waals surface area contributed by atoms with Crippen LogP contribution >= 0.6 is 0 Å². The number of aliphatic imine (C=N–C) groups is 1. The molecule has 1 amide bonds. The minimum atomic E-state index is -0.826. The van der Waals surface area contributed by atoms with Gasteiger partial charge in [-0.15, -0.1) is 10.2 Å². The molecule has 0 bridgehead atoms. The standard InChI is InChI=1S/C10H7N5O5/c1-2-10(16)11-6-12-13-8-4-3-7(14(17)18)5-9(8)15(19)20/h2-6H,1H2. The van der Waals surface area contributed by atoms with Crippen molar-refractivity contribution in [1.82, 2.24) is 0 Å². The number of azo groups is 1. The van der Waals surface area contributed by atoms with Gasteiger partial charge in [0.1, 0.15) is 6.34 Å². The molecule has 1 rings (SSSR count). The molecule has 0 fully saturated rings. The van der Waals surface area contributed by atoms with Crippen molar-refractivity contribution < 1.29 is 14.6 Å². The SMILES string of the molecule is C=CC(=O)N=CN=Nc1ccc([N+](=O)[O-])cc1[N+](=O)[O-]. The molecular formula is C10H7N5O5. The molecule has 0 saturated carbocycles. The number of amides is 1. The van der Waals surface area contributed by atoms with Gasteiger partial charge in [0.25, 0.3) is 11.6 Å². The van der Waals surface area contributed by atoms with Crippen LogP contribution in [0, 0.1) is 20.2 Å². The first-order valence-corrected chi connectivity index (χ1v) is 4.98. The quantitative estimate of drug-likeness (QED) is 0.203. The average molecular weight is 277 g/mol. The highest BCUT2D eigenvalue weighted by Gasteiger charge is 2.19. The molecule has 0 saturated heterocycles. The Kier molecular flexibility index (Phi) is 4.86. The summed E-state index contributed by atoms with van der Waals surface area (Å²) >= 11 is 0. The molecule has 1 aromatic carbocycles. The molecule has 0 aliphatic carbocycles. The number of rotatable bonds is 5. The van der Waals surface area contributed by atoms with Gasteiger partial charge in [-0.05, 0) is 12.1 Å². The lowest BCUT2D eigenvalue weighted by atomic mass is 10.2. The third-order valence-corrected chi connectivity index (χ3v) is 1.94.